The molecule has 2 aromatic rings. The summed E-state index contributed by atoms with van der Waals surface area (Å²) in [4.78, 5) is 24.2. The second-order valence-electron chi connectivity index (χ2n) is 7.09. The van der Waals surface area contributed by atoms with E-state index in [0.29, 0.717) is 25.2 Å². The molecule has 28 heavy (non-hydrogen) atoms. The predicted molar refractivity (Wildman–Crippen MR) is 111 cm³/mol. The molecule has 0 aromatic heterocycles. The van der Waals surface area contributed by atoms with Crippen molar-refractivity contribution >= 4 is 23.6 Å². The van der Waals surface area contributed by atoms with Crippen LogP contribution in [0.5, 0.6) is 5.75 Å². The lowest BCUT2D eigenvalue weighted by atomic mass is 9.92. The highest BCUT2D eigenvalue weighted by molar-refractivity contribution is 7.99. The lowest BCUT2D eigenvalue weighted by molar-refractivity contribution is -0.148. The molecule has 2 aromatic carbocycles. The Morgan fingerprint density at radius 1 is 1.14 bits per heavy atom. The van der Waals surface area contributed by atoms with Crippen molar-refractivity contribution in [3.63, 3.8) is 0 Å². The van der Waals surface area contributed by atoms with Crippen molar-refractivity contribution in [3.05, 3.63) is 65.2 Å². The summed E-state index contributed by atoms with van der Waals surface area (Å²) in [5, 5.41) is 12.4. The van der Waals surface area contributed by atoms with E-state index in [-0.39, 0.29) is 12.3 Å². The fraction of sp³-hybridized carbons (Fsp3) is 0.364. The maximum atomic E-state index is 12.5. The molecule has 3 rings (SSSR count). The van der Waals surface area contributed by atoms with Crippen LogP contribution in [0.15, 0.2) is 48.5 Å². The zero-order chi connectivity index (χ0) is 20.0. The molecule has 148 valence electrons. The summed E-state index contributed by atoms with van der Waals surface area (Å²) < 4.78 is 5.87. The highest BCUT2D eigenvalue weighted by Gasteiger charge is 2.41. The summed E-state index contributed by atoms with van der Waals surface area (Å²) in [6.45, 7) is 2.50. The Morgan fingerprint density at radius 2 is 1.89 bits per heavy atom. The summed E-state index contributed by atoms with van der Waals surface area (Å²) in [5.74, 6) is 0.960. The standard InChI is InChI=1S/C22H25NO4S/c1-16-5-2-3-7-18(16)15-27-19-8-4-6-17(13-19)14-20(24)23-22(21(25)26)9-11-28-12-10-22/h2-8,13H,9-12,14-15H2,1H3,(H,23,24)(H,25,26). The van der Waals surface area contributed by atoms with Gasteiger partial charge >= 0.3 is 5.97 Å². The van der Waals surface area contributed by atoms with Gasteiger partial charge in [0.05, 0.1) is 6.42 Å². The topological polar surface area (TPSA) is 75.6 Å². The van der Waals surface area contributed by atoms with Gasteiger partial charge in [-0.05, 0) is 60.1 Å². The average molecular weight is 400 g/mol. The third-order valence-electron chi connectivity index (χ3n) is 5.05. The fourth-order valence-electron chi connectivity index (χ4n) is 3.29. The lowest BCUT2D eigenvalue weighted by Gasteiger charge is -2.33. The van der Waals surface area contributed by atoms with Gasteiger partial charge in [-0.3, -0.25) is 4.79 Å². The minimum Gasteiger partial charge on any atom is -0.489 e. The first-order valence-electron chi connectivity index (χ1n) is 9.37. The molecule has 2 N–H and O–H groups in total. The third kappa shape index (κ3) is 5.07. The Balaban J connectivity index is 1.61. The number of carbonyl (C=O) groups is 2. The quantitative estimate of drug-likeness (QED) is 0.744. The Bertz CT molecular complexity index is 846. The summed E-state index contributed by atoms with van der Waals surface area (Å²) in [5.41, 5.74) is 1.94. The number of nitrogens with one attached hydrogen (secondary N) is 1. The van der Waals surface area contributed by atoms with Gasteiger partial charge in [-0.15, -0.1) is 0 Å². The first-order chi connectivity index (χ1) is 13.5. The number of benzene rings is 2. The molecule has 0 atom stereocenters. The molecule has 0 aliphatic carbocycles. The number of rotatable bonds is 7. The number of carboxylic acids is 1. The number of amides is 1. The SMILES string of the molecule is Cc1ccccc1COc1cccc(CC(=O)NC2(C(=O)O)CCSCC2)c1. The molecular formula is C22H25NO4S. The number of aliphatic carboxylic acids is 1. The number of hydrogen-bond donors (Lipinski definition) is 2. The van der Waals surface area contributed by atoms with Crippen LogP contribution in [0.3, 0.4) is 0 Å². The number of carboxylic acid groups (broad SMARTS) is 1. The van der Waals surface area contributed by atoms with Crippen LogP contribution in [0.25, 0.3) is 0 Å². The van der Waals surface area contributed by atoms with Crippen LogP contribution in [0.4, 0.5) is 0 Å². The first-order valence-corrected chi connectivity index (χ1v) is 10.5. The minimum atomic E-state index is -1.14. The predicted octanol–water partition coefficient (Wildman–Crippen LogP) is 3.58. The van der Waals surface area contributed by atoms with Crippen molar-refractivity contribution in [2.75, 3.05) is 11.5 Å². The third-order valence-corrected chi connectivity index (χ3v) is 6.04. The Labute approximate surface area is 169 Å². The van der Waals surface area contributed by atoms with Gasteiger partial charge in [-0.25, -0.2) is 4.79 Å². The molecule has 0 radical (unpaired) electrons. The molecule has 1 saturated heterocycles. The van der Waals surface area contributed by atoms with Crippen molar-refractivity contribution < 1.29 is 19.4 Å². The number of carbonyl (C=O) groups excluding carboxylic acids is 1. The van der Waals surface area contributed by atoms with Crippen LogP contribution in [0.2, 0.25) is 0 Å². The fourth-order valence-corrected chi connectivity index (χ4v) is 4.48. The normalized spacial score (nSPS) is 15.6. The molecular weight excluding hydrogens is 374 g/mol. The van der Waals surface area contributed by atoms with Crippen molar-refractivity contribution in [2.24, 2.45) is 0 Å². The molecule has 1 aliphatic rings. The molecule has 1 amide bonds. The molecule has 0 spiro atoms. The molecule has 1 fully saturated rings. The highest BCUT2D eigenvalue weighted by atomic mass is 32.2. The summed E-state index contributed by atoms with van der Waals surface area (Å²) in [6, 6.07) is 15.4. The summed E-state index contributed by atoms with van der Waals surface area (Å²) in [6.07, 6.45) is 1.04. The molecule has 0 saturated carbocycles. The van der Waals surface area contributed by atoms with Crippen LogP contribution >= 0.6 is 11.8 Å². The Kier molecular flexibility index (Phi) is 6.62. The zero-order valence-corrected chi connectivity index (χ0v) is 16.8. The smallest absolute Gasteiger partial charge is 0.329 e. The van der Waals surface area contributed by atoms with E-state index in [9.17, 15) is 14.7 Å². The van der Waals surface area contributed by atoms with Crippen molar-refractivity contribution in [1.82, 2.24) is 5.32 Å². The van der Waals surface area contributed by atoms with Crippen molar-refractivity contribution in [2.45, 2.75) is 38.3 Å². The first kappa shape index (κ1) is 20.3. The molecule has 1 aliphatic heterocycles. The molecule has 6 heteroatoms. The second kappa shape index (κ2) is 9.15. The Morgan fingerprint density at radius 3 is 2.61 bits per heavy atom. The van der Waals surface area contributed by atoms with Gasteiger partial charge in [-0.1, -0.05) is 36.4 Å². The van der Waals surface area contributed by atoms with Crippen LogP contribution < -0.4 is 10.1 Å². The number of aryl methyl sites for hydroxylation is 1. The van der Waals surface area contributed by atoms with Crippen LogP contribution in [-0.2, 0) is 22.6 Å². The number of ether oxygens (including phenoxy) is 1. The summed E-state index contributed by atoms with van der Waals surface area (Å²) in [7, 11) is 0. The maximum absolute atomic E-state index is 12.5. The van der Waals surface area contributed by atoms with E-state index in [0.717, 1.165) is 22.6 Å². The largest absolute Gasteiger partial charge is 0.489 e. The van der Waals surface area contributed by atoms with Crippen molar-refractivity contribution in [1.29, 1.82) is 0 Å². The summed E-state index contributed by atoms with van der Waals surface area (Å²) >= 11 is 1.72. The van der Waals surface area contributed by atoms with E-state index in [1.807, 2.05) is 55.5 Å². The van der Waals surface area contributed by atoms with Gasteiger partial charge in [0.2, 0.25) is 5.91 Å². The highest BCUT2D eigenvalue weighted by Crippen LogP contribution is 2.27. The minimum absolute atomic E-state index is 0.129. The van der Waals surface area contributed by atoms with Gasteiger partial charge in [0.25, 0.3) is 0 Å². The van der Waals surface area contributed by atoms with Gasteiger partial charge in [0.15, 0.2) is 0 Å². The van der Waals surface area contributed by atoms with Gasteiger partial charge in [-0.2, -0.15) is 11.8 Å². The van der Waals surface area contributed by atoms with Gasteiger partial charge < -0.3 is 15.2 Å². The molecule has 0 bridgehead atoms. The average Bonchev–Trinajstić information content (AvgIpc) is 2.68. The van der Waals surface area contributed by atoms with Gasteiger partial charge in [0.1, 0.15) is 17.9 Å². The molecule has 0 unspecified atom stereocenters. The van der Waals surface area contributed by atoms with Crippen LogP contribution in [0.1, 0.15) is 29.5 Å². The van der Waals surface area contributed by atoms with Gasteiger partial charge in [0, 0.05) is 0 Å². The van der Waals surface area contributed by atoms with E-state index in [1.165, 1.54) is 5.56 Å². The zero-order valence-electron chi connectivity index (χ0n) is 15.9. The Hall–Kier alpha value is -2.47. The van der Waals surface area contributed by atoms with Crippen molar-refractivity contribution in [3.8, 4) is 5.75 Å². The molecule has 5 nitrogen and oxygen atoms in total. The van der Waals surface area contributed by atoms with E-state index in [1.54, 1.807) is 11.8 Å². The van der Waals surface area contributed by atoms with E-state index >= 15 is 0 Å². The number of hydrogen-bond acceptors (Lipinski definition) is 4. The van der Waals surface area contributed by atoms with Crippen LogP contribution in [-0.4, -0.2) is 34.0 Å². The van der Waals surface area contributed by atoms with E-state index in [2.05, 4.69) is 5.32 Å². The monoisotopic (exact) mass is 399 g/mol. The van der Waals surface area contributed by atoms with Crippen LogP contribution in [0, 0.1) is 6.92 Å². The number of thioether (sulfide) groups is 1. The second-order valence-corrected chi connectivity index (χ2v) is 8.31. The lowest BCUT2D eigenvalue weighted by Crippen LogP contribution is -2.56. The van der Waals surface area contributed by atoms with E-state index in [4.69, 9.17) is 4.74 Å². The maximum Gasteiger partial charge on any atom is 0.329 e. The van der Waals surface area contributed by atoms with E-state index < -0.39 is 11.5 Å². The molecule has 1 heterocycles.